The SMILES string of the molecule is O=C(N[C@H]1COc2ccc(F)cc2NC1=O)c1cc(Cc2ccccc2)on1.O=C(O)c1cc(Cc2ccccc2)on1.O=C1Nc2cc(F)ccc2OC[C@@H]1NC(=O)C(F)(F)F. The maximum atomic E-state index is 13.3. The van der Waals surface area contributed by atoms with E-state index in [1.54, 1.807) is 0 Å². The number of aromatic carboxylic acids is 1. The molecule has 5 N–H and O–H groups in total. The fourth-order valence-electron chi connectivity index (χ4n) is 5.67. The van der Waals surface area contributed by atoms with Gasteiger partial charge in [-0.15, -0.1) is 0 Å². The van der Waals surface area contributed by atoms with Gasteiger partial charge in [-0.25, -0.2) is 13.6 Å². The fraction of sp³-hybridized carbons (Fsp3) is 0.167. The summed E-state index contributed by atoms with van der Waals surface area (Å²) in [6, 6.07) is 26.8. The number of nitrogens with zero attached hydrogens (tertiary/aromatic N) is 2. The first kappa shape index (κ1) is 44.5. The summed E-state index contributed by atoms with van der Waals surface area (Å²) in [5, 5.41) is 24.6. The molecule has 0 unspecified atom stereocenters. The second-order valence-corrected chi connectivity index (χ2v) is 13.4. The van der Waals surface area contributed by atoms with E-state index in [-0.39, 0.29) is 35.1 Å². The molecule has 0 saturated heterocycles. The Labute approximate surface area is 352 Å². The lowest BCUT2D eigenvalue weighted by molar-refractivity contribution is -0.174. The van der Waals surface area contributed by atoms with Crippen molar-refractivity contribution in [3.05, 3.63) is 155 Å². The monoisotopic (exact) mass is 876 g/mol. The number of anilines is 2. The lowest BCUT2D eigenvalue weighted by atomic mass is 10.1. The largest absolute Gasteiger partial charge is 0.489 e. The summed E-state index contributed by atoms with van der Waals surface area (Å²) < 4.78 is 83.4. The summed E-state index contributed by atoms with van der Waals surface area (Å²) in [6.45, 7) is -0.586. The number of halogens is 5. The number of nitrogens with one attached hydrogen (secondary N) is 4. The summed E-state index contributed by atoms with van der Waals surface area (Å²) in [6.07, 6.45) is -4.05. The lowest BCUT2D eigenvalue weighted by Gasteiger charge is -2.15. The molecule has 326 valence electrons. The van der Waals surface area contributed by atoms with E-state index in [0.717, 1.165) is 29.3 Å². The molecule has 8 rings (SSSR count). The zero-order valence-corrected chi connectivity index (χ0v) is 32.3. The number of rotatable bonds is 8. The summed E-state index contributed by atoms with van der Waals surface area (Å²) in [7, 11) is 0. The minimum atomic E-state index is -5.11. The van der Waals surface area contributed by atoms with Gasteiger partial charge in [0.2, 0.25) is 0 Å². The fourth-order valence-corrected chi connectivity index (χ4v) is 5.67. The Balaban J connectivity index is 0.000000166. The van der Waals surface area contributed by atoms with Crippen LogP contribution in [0.25, 0.3) is 0 Å². The Kier molecular flexibility index (Phi) is 14.1. The molecule has 0 saturated carbocycles. The topological polar surface area (TPSA) is 224 Å². The van der Waals surface area contributed by atoms with Gasteiger partial charge in [0.25, 0.3) is 17.7 Å². The molecule has 63 heavy (non-hydrogen) atoms. The van der Waals surface area contributed by atoms with Gasteiger partial charge in [-0.3, -0.25) is 19.2 Å². The van der Waals surface area contributed by atoms with Crippen molar-refractivity contribution in [3.8, 4) is 11.5 Å². The van der Waals surface area contributed by atoms with Gasteiger partial charge in [-0.2, -0.15) is 13.2 Å². The van der Waals surface area contributed by atoms with Gasteiger partial charge in [0.15, 0.2) is 11.4 Å². The number of hydrogen-bond donors (Lipinski definition) is 5. The molecule has 2 atom stereocenters. The second-order valence-electron chi connectivity index (χ2n) is 13.4. The Bertz CT molecular complexity index is 2590. The van der Waals surface area contributed by atoms with Crippen LogP contribution in [0.15, 0.2) is 118 Å². The van der Waals surface area contributed by atoms with Crippen molar-refractivity contribution in [3.63, 3.8) is 0 Å². The molecular formula is C42H33F5N6O10. The Hall–Kier alpha value is -8.10. The van der Waals surface area contributed by atoms with Crippen LogP contribution in [0.2, 0.25) is 0 Å². The Morgan fingerprint density at radius 3 is 1.54 bits per heavy atom. The van der Waals surface area contributed by atoms with E-state index in [9.17, 15) is 45.9 Å². The van der Waals surface area contributed by atoms with Gasteiger partial charge >= 0.3 is 18.1 Å². The number of carbonyl (C=O) groups is 5. The number of carboxylic acid groups (broad SMARTS) is 1. The average Bonchev–Trinajstić information content (AvgIpc) is 3.86. The minimum Gasteiger partial charge on any atom is -0.489 e. The lowest BCUT2D eigenvalue weighted by Crippen LogP contribution is -2.50. The van der Waals surface area contributed by atoms with Crippen LogP contribution < -0.4 is 30.7 Å². The first-order chi connectivity index (χ1) is 30.1. The molecule has 2 aliphatic heterocycles. The highest BCUT2D eigenvalue weighted by atomic mass is 19.4. The van der Waals surface area contributed by atoms with Crippen LogP contribution in [0.4, 0.5) is 33.3 Å². The van der Waals surface area contributed by atoms with Crippen LogP contribution in [-0.4, -0.2) is 76.5 Å². The van der Waals surface area contributed by atoms with E-state index in [4.69, 9.17) is 23.6 Å². The maximum Gasteiger partial charge on any atom is 0.471 e. The standard InChI is InChI=1S/C20H16FN3O4.C11H8F4N2O3.C11H9NO3/c21-13-6-7-18-15(9-13)22-20(26)17(11-27-18)23-19(25)16-10-14(28-24-16)8-12-4-2-1-3-5-12;12-5-1-2-8-6(3-5)16-9(18)7(4-20-8)17-10(19)11(13,14)15;13-11(14)10-7-9(15-12-10)6-8-4-2-1-3-5-8/h1-7,9-10,17H,8,11H2,(H,22,26)(H,23,25);1-3,7H,4H2,(H,16,18)(H,17,19);1-5,7H,6H2,(H,13,14)/t17-;7-;/m00./s1. The number of alkyl halides is 3. The van der Waals surface area contributed by atoms with Crippen LogP contribution in [0.5, 0.6) is 11.5 Å². The highest BCUT2D eigenvalue weighted by Crippen LogP contribution is 2.29. The third-order valence-corrected chi connectivity index (χ3v) is 8.72. The Morgan fingerprint density at radius 1 is 0.651 bits per heavy atom. The highest BCUT2D eigenvalue weighted by Gasteiger charge is 2.41. The molecule has 0 radical (unpaired) electrons. The molecule has 0 spiro atoms. The van der Waals surface area contributed by atoms with Gasteiger partial charge in [-0.1, -0.05) is 71.0 Å². The number of amides is 4. The maximum absolute atomic E-state index is 13.3. The summed E-state index contributed by atoms with van der Waals surface area (Å²) in [5.74, 6) is -4.96. The first-order valence-corrected chi connectivity index (χ1v) is 18.5. The Morgan fingerprint density at radius 2 is 1.10 bits per heavy atom. The van der Waals surface area contributed by atoms with E-state index in [1.165, 1.54) is 35.6 Å². The van der Waals surface area contributed by atoms with Gasteiger partial charge in [0, 0.05) is 37.1 Å². The summed E-state index contributed by atoms with van der Waals surface area (Å²) in [5.41, 5.74) is 2.29. The van der Waals surface area contributed by atoms with E-state index < -0.39 is 66.1 Å². The van der Waals surface area contributed by atoms with Crippen molar-refractivity contribution >= 4 is 41.0 Å². The third kappa shape index (κ3) is 12.5. The van der Waals surface area contributed by atoms with Gasteiger partial charge < -0.3 is 44.9 Å². The number of benzene rings is 4. The third-order valence-electron chi connectivity index (χ3n) is 8.72. The zero-order chi connectivity index (χ0) is 45.1. The normalized spacial score (nSPS) is 15.3. The smallest absolute Gasteiger partial charge is 0.471 e. The van der Waals surface area contributed by atoms with Crippen molar-refractivity contribution in [2.24, 2.45) is 0 Å². The van der Waals surface area contributed by atoms with Crippen molar-refractivity contribution in [2.75, 3.05) is 23.8 Å². The van der Waals surface area contributed by atoms with E-state index in [0.29, 0.717) is 30.1 Å². The number of carbonyl (C=O) groups excluding carboxylic acids is 4. The van der Waals surface area contributed by atoms with Gasteiger partial charge in [0.05, 0.1) is 11.4 Å². The summed E-state index contributed by atoms with van der Waals surface area (Å²) >= 11 is 0. The predicted octanol–water partition coefficient (Wildman–Crippen LogP) is 5.70. The second kappa shape index (κ2) is 20.0. The van der Waals surface area contributed by atoms with Crippen LogP contribution >= 0.6 is 0 Å². The zero-order valence-electron chi connectivity index (χ0n) is 32.3. The quantitative estimate of drug-likeness (QED) is 0.116. The van der Waals surface area contributed by atoms with Crippen molar-refractivity contribution < 1.29 is 69.6 Å². The highest BCUT2D eigenvalue weighted by molar-refractivity contribution is 6.02. The molecule has 16 nitrogen and oxygen atoms in total. The molecule has 21 heteroatoms. The van der Waals surface area contributed by atoms with Gasteiger partial charge in [-0.05, 0) is 35.4 Å². The van der Waals surface area contributed by atoms with Crippen LogP contribution in [0, 0.1) is 11.6 Å². The van der Waals surface area contributed by atoms with E-state index in [1.807, 2.05) is 60.7 Å². The number of carboxylic acids is 1. The number of ether oxygens (including phenoxy) is 2. The molecule has 0 fully saturated rings. The molecule has 2 aromatic heterocycles. The number of fused-ring (bicyclic) bond motifs is 2. The predicted molar refractivity (Wildman–Crippen MR) is 209 cm³/mol. The van der Waals surface area contributed by atoms with E-state index in [2.05, 4.69) is 26.3 Å². The van der Waals surface area contributed by atoms with Crippen molar-refractivity contribution in [1.29, 1.82) is 0 Å². The average molecular weight is 877 g/mol. The van der Waals surface area contributed by atoms with Crippen LogP contribution in [0.1, 0.15) is 43.6 Å². The minimum absolute atomic E-state index is 0.0150. The molecule has 0 aliphatic carbocycles. The molecule has 4 amide bonds. The molecule has 4 aromatic carbocycles. The summed E-state index contributed by atoms with van der Waals surface area (Å²) in [4.78, 5) is 57.7. The molecule has 2 aliphatic rings. The van der Waals surface area contributed by atoms with Crippen molar-refractivity contribution in [2.45, 2.75) is 31.1 Å². The first-order valence-electron chi connectivity index (χ1n) is 18.5. The molecule has 4 heterocycles. The number of hydrogen-bond acceptors (Lipinski definition) is 11. The molecule has 0 bridgehead atoms. The van der Waals surface area contributed by atoms with E-state index >= 15 is 0 Å². The molecular weight excluding hydrogens is 843 g/mol. The number of aromatic nitrogens is 2. The van der Waals surface area contributed by atoms with Crippen LogP contribution in [-0.2, 0) is 27.2 Å². The van der Waals surface area contributed by atoms with Gasteiger partial charge in [0.1, 0.15) is 60.0 Å². The van der Waals surface area contributed by atoms with Crippen LogP contribution in [0.3, 0.4) is 0 Å². The molecule has 6 aromatic rings. The van der Waals surface area contributed by atoms with Crippen molar-refractivity contribution in [1.82, 2.24) is 20.9 Å².